The third-order valence-corrected chi connectivity index (χ3v) is 5.16. The first-order chi connectivity index (χ1) is 13.0. The van der Waals surface area contributed by atoms with E-state index in [9.17, 15) is 19.5 Å². The number of hydrogen-bond acceptors (Lipinski definition) is 5. The Hall–Kier alpha value is -2.93. The van der Waals surface area contributed by atoms with Crippen molar-refractivity contribution in [2.75, 3.05) is 0 Å². The average Bonchev–Trinajstić information content (AvgIpc) is 3.26. The number of furan rings is 1. The number of imide groups is 1. The first kappa shape index (κ1) is 17.5. The Balaban J connectivity index is 1.49. The lowest BCUT2D eigenvalue weighted by atomic mass is 9.93. The maximum absolute atomic E-state index is 12.6. The fraction of sp³-hybridized carbons (Fsp3) is 0.350. The molecule has 1 aliphatic carbocycles. The molecule has 1 fully saturated rings. The second-order valence-corrected chi connectivity index (χ2v) is 7.02. The van der Waals surface area contributed by atoms with E-state index in [1.54, 1.807) is 18.2 Å². The van der Waals surface area contributed by atoms with Gasteiger partial charge in [0.25, 0.3) is 17.7 Å². The lowest BCUT2D eigenvalue weighted by Gasteiger charge is -2.26. The number of carbonyl (C=O) groups is 3. The molecule has 0 spiro atoms. The smallest absolute Gasteiger partial charge is 0.261 e. The number of nitrogens with zero attached hydrogens (tertiary/aromatic N) is 1. The third kappa shape index (κ3) is 3.38. The van der Waals surface area contributed by atoms with Crippen LogP contribution in [0.3, 0.4) is 0 Å². The van der Waals surface area contributed by atoms with Crippen molar-refractivity contribution in [2.24, 2.45) is 0 Å². The van der Waals surface area contributed by atoms with Crippen molar-refractivity contribution < 1.29 is 23.9 Å². The summed E-state index contributed by atoms with van der Waals surface area (Å²) in [6.45, 7) is 0.0608. The Morgan fingerprint density at radius 3 is 2.56 bits per heavy atom. The van der Waals surface area contributed by atoms with E-state index in [0.29, 0.717) is 29.7 Å². The fourth-order valence-corrected chi connectivity index (χ4v) is 3.62. The number of hydrogen-bond donors (Lipinski definition) is 2. The highest BCUT2D eigenvalue weighted by Crippen LogP contribution is 2.26. The van der Waals surface area contributed by atoms with Crippen LogP contribution in [0.2, 0.25) is 0 Å². The molecule has 2 aliphatic rings. The quantitative estimate of drug-likeness (QED) is 0.805. The van der Waals surface area contributed by atoms with Crippen LogP contribution in [0.4, 0.5) is 0 Å². The summed E-state index contributed by atoms with van der Waals surface area (Å²) in [6.07, 6.45) is 3.99. The van der Waals surface area contributed by atoms with Gasteiger partial charge < -0.3 is 14.8 Å². The number of carbonyl (C=O) groups excluding carboxylic acids is 3. The molecule has 1 aromatic heterocycles. The van der Waals surface area contributed by atoms with Crippen LogP contribution in [0.1, 0.15) is 62.5 Å². The summed E-state index contributed by atoms with van der Waals surface area (Å²) in [5, 5.41) is 12.5. The molecule has 2 aromatic rings. The SMILES string of the molecule is O=C(NC1CCC(O)CC1)c1ccc2c(c1)C(=O)N(Cc1ccco1)C2=O. The molecule has 7 heteroatoms. The van der Waals surface area contributed by atoms with Crippen molar-refractivity contribution in [3.8, 4) is 0 Å². The zero-order valence-electron chi connectivity index (χ0n) is 14.7. The zero-order valence-corrected chi connectivity index (χ0v) is 14.7. The average molecular weight is 368 g/mol. The van der Waals surface area contributed by atoms with Crippen LogP contribution in [0.5, 0.6) is 0 Å². The van der Waals surface area contributed by atoms with Gasteiger partial charge in [-0.3, -0.25) is 19.3 Å². The Bertz CT molecular complexity index is 882. The second-order valence-electron chi connectivity index (χ2n) is 7.02. The third-order valence-electron chi connectivity index (χ3n) is 5.16. The maximum atomic E-state index is 12.6. The number of fused-ring (bicyclic) bond motifs is 1. The minimum Gasteiger partial charge on any atom is -0.467 e. The molecule has 27 heavy (non-hydrogen) atoms. The number of rotatable bonds is 4. The topological polar surface area (TPSA) is 99.8 Å². The highest BCUT2D eigenvalue weighted by molar-refractivity contribution is 6.22. The number of aliphatic hydroxyl groups is 1. The van der Waals surface area contributed by atoms with E-state index in [0.717, 1.165) is 17.7 Å². The van der Waals surface area contributed by atoms with Gasteiger partial charge in [0.2, 0.25) is 0 Å². The molecule has 1 aromatic carbocycles. The van der Waals surface area contributed by atoms with Crippen LogP contribution in [0, 0.1) is 0 Å². The van der Waals surface area contributed by atoms with Crippen LogP contribution in [-0.4, -0.2) is 39.9 Å². The van der Waals surface area contributed by atoms with Gasteiger partial charge in [-0.15, -0.1) is 0 Å². The largest absolute Gasteiger partial charge is 0.467 e. The van der Waals surface area contributed by atoms with Gasteiger partial charge in [0.05, 0.1) is 30.0 Å². The normalized spacial score (nSPS) is 22.0. The minimum atomic E-state index is -0.429. The molecule has 3 amide bonds. The van der Waals surface area contributed by atoms with Crippen molar-refractivity contribution in [3.63, 3.8) is 0 Å². The predicted molar refractivity (Wildman–Crippen MR) is 95.1 cm³/mol. The Labute approximate surface area is 156 Å². The highest BCUT2D eigenvalue weighted by atomic mass is 16.3. The first-order valence-corrected chi connectivity index (χ1v) is 9.04. The van der Waals surface area contributed by atoms with Crippen molar-refractivity contribution in [1.29, 1.82) is 0 Å². The molecule has 0 bridgehead atoms. The molecule has 0 saturated heterocycles. The van der Waals surface area contributed by atoms with E-state index in [2.05, 4.69) is 5.32 Å². The van der Waals surface area contributed by atoms with Crippen LogP contribution >= 0.6 is 0 Å². The molecule has 4 rings (SSSR count). The molecule has 0 unspecified atom stereocenters. The van der Waals surface area contributed by atoms with E-state index in [-0.39, 0.29) is 36.1 Å². The first-order valence-electron chi connectivity index (χ1n) is 9.04. The predicted octanol–water partition coefficient (Wildman–Crippen LogP) is 2.11. The zero-order chi connectivity index (χ0) is 19.0. The molecule has 7 nitrogen and oxygen atoms in total. The van der Waals surface area contributed by atoms with Gasteiger partial charge in [-0.25, -0.2) is 0 Å². The second kappa shape index (κ2) is 7.00. The van der Waals surface area contributed by atoms with Crippen molar-refractivity contribution in [3.05, 3.63) is 59.0 Å². The lowest BCUT2D eigenvalue weighted by Crippen LogP contribution is -2.38. The summed E-state index contributed by atoms with van der Waals surface area (Å²) in [7, 11) is 0. The number of benzene rings is 1. The molecule has 0 radical (unpaired) electrons. The monoisotopic (exact) mass is 368 g/mol. The van der Waals surface area contributed by atoms with E-state index >= 15 is 0 Å². The van der Waals surface area contributed by atoms with Gasteiger partial charge in [0.1, 0.15) is 5.76 Å². The minimum absolute atomic E-state index is 0.0157. The van der Waals surface area contributed by atoms with Crippen molar-refractivity contribution >= 4 is 17.7 Å². The van der Waals surface area contributed by atoms with Gasteiger partial charge in [-0.1, -0.05) is 0 Å². The van der Waals surface area contributed by atoms with Crippen LogP contribution in [0.15, 0.2) is 41.0 Å². The fourth-order valence-electron chi connectivity index (χ4n) is 3.62. The summed E-state index contributed by atoms with van der Waals surface area (Å²) >= 11 is 0. The summed E-state index contributed by atoms with van der Waals surface area (Å²) in [6, 6.07) is 7.97. The number of aliphatic hydroxyl groups excluding tert-OH is 1. The van der Waals surface area contributed by atoms with Crippen LogP contribution < -0.4 is 5.32 Å². The van der Waals surface area contributed by atoms with Gasteiger partial charge in [-0.2, -0.15) is 0 Å². The lowest BCUT2D eigenvalue weighted by molar-refractivity contribution is 0.0631. The Morgan fingerprint density at radius 1 is 1.11 bits per heavy atom. The van der Waals surface area contributed by atoms with Gasteiger partial charge in [0, 0.05) is 11.6 Å². The van der Waals surface area contributed by atoms with E-state index in [1.165, 1.54) is 18.4 Å². The molecule has 1 aliphatic heterocycles. The van der Waals surface area contributed by atoms with Gasteiger partial charge in [0.15, 0.2) is 0 Å². The summed E-state index contributed by atoms with van der Waals surface area (Å²) in [4.78, 5) is 38.8. The molecular formula is C20H20N2O5. The van der Waals surface area contributed by atoms with E-state index < -0.39 is 5.91 Å². The van der Waals surface area contributed by atoms with Crippen LogP contribution in [0.25, 0.3) is 0 Å². The van der Waals surface area contributed by atoms with Crippen molar-refractivity contribution in [2.45, 2.75) is 44.4 Å². The summed E-state index contributed by atoms with van der Waals surface area (Å²) in [5.74, 6) is -0.577. The van der Waals surface area contributed by atoms with Crippen LogP contribution in [-0.2, 0) is 6.54 Å². The molecule has 0 atom stereocenters. The Morgan fingerprint density at radius 2 is 1.85 bits per heavy atom. The molecule has 1 saturated carbocycles. The maximum Gasteiger partial charge on any atom is 0.261 e. The molecule has 140 valence electrons. The van der Waals surface area contributed by atoms with E-state index in [4.69, 9.17) is 4.42 Å². The highest BCUT2D eigenvalue weighted by Gasteiger charge is 2.36. The summed E-state index contributed by atoms with van der Waals surface area (Å²) in [5.41, 5.74) is 0.878. The standard InChI is InChI=1S/C20H20N2O5/c23-14-6-4-13(5-7-14)21-18(24)12-3-8-16-17(10-12)20(26)22(19(16)25)11-15-2-1-9-27-15/h1-3,8-10,13-14,23H,4-7,11H2,(H,21,24). The molecule has 2 N–H and O–H groups in total. The molecular weight excluding hydrogens is 348 g/mol. The summed E-state index contributed by atoms with van der Waals surface area (Å²) < 4.78 is 5.22. The van der Waals surface area contributed by atoms with E-state index in [1.807, 2.05) is 0 Å². The van der Waals surface area contributed by atoms with Crippen molar-refractivity contribution in [1.82, 2.24) is 10.2 Å². The van der Waals surface area contributed by atoms with Gasteiger partial charge in [-0.05, 0) is 56.0 Å². The number of amides is 3. The number of nitrogens with one attached hydrogen (secondary N) is 1. The Kier molecular flexibility index (Phi) is 4.53. The van der Waals surface area contributed by atoms with Gasteiger partial charge >= 0.3 is 0 Å². The molecule has 2 heterocycles.